The molecule has 0 fully saturated rings. The summed E-state index contributed by atoms with van der Waals surface area (Å²) in [5.41, 5.74) is 0. The maximum atomic E-state index is 12.8. The second-order valence-corrected chi connectivity index (χ2v) is 20.6. The fourth-order valence-corrected chi connectivity index (χ4v) is 7.33. The number of rotatable bonds is 49. The molecule has 2 atom stereocenters. The topological polar surface area (TPSA) is 111 Å². The lowest BCUT2D eigenvalue weighted by Gasteiger charge is -2.28. The van der Waals surface area contributed by atoms with E-state index in [0.717, 1.165) is 122 Å². The number of quaternary nitrogens is 1. The zero-order valence-corrected chi connectivity index (χ0v) is 48.8. The zero-order chi connectivity index (χ0) is 55.6. The lowest BCUT2D eigenvalue weighted by Crippen LogP contribution is -2.37. The number of carbonyl (C=O) groups is 2. The van der Waals surface area contributed by atoms with Crippen molar-refractivity contribution in [2.75, 3.05) is 47.5 Å². The average Bonchev–Trinajstić information content (AvgIpc) is 3.38. The normalized spacial score (nSPS) is 14.7. The highest BCUT2D eigenvalue weighted by Crippen LogP contribution is 2.38. The Balaban J connectivity index is 4.33. The van der Waals surface area contributed by atoms with Gasteiger partial charge in [0.1, 0.15) is 19.8 Å². The summed E-state index contributed by atoms with van der Waals surface area (Å²) in [5, 5.41) is 0. The van der Waals surface area contributed by atoms with Crippen LogP contribution >= 0.6 is 7.82 Å². The highest BCUT2D eigenvalue weighted by Gasteiger charge is 2.21. The summed E-state index contributed by atoms with van der Waals surface area (Å²) < 4.78 is 34.0. The van der Waals surface area contributed by atoms with E-state index >= 15 is 0 Å². The van der Waals surface area contributed by atoms with Gasteiger partial charge in [-0.1, -0.05) is 209 Å². The summed E-state index contributed by atoms with van der Waals surface area (Å²) >= 11 is 0. The van der Waals surface area contributed by atoms with Crippen LogP contribution in [0, 0.1) is 0 Å². The molecular formula is C66H102NO8P. The van der Waals surface area contributed by atoms with Gasteiger partial charge < -0.3 is 27.9 Å². The Hall–Kier alpha value is -4.89. The molecule has 76 heavy (non-hydrogen) atoms. The SMILES string of the molecule is CC/C=C\C/C=C\C/C=C\C/C=C\C/C=C\C/C=C\C/C=C\C/C=C\C/C=C\C/C=C\CCCCCCC(=O)OC(COC(=O)CCC/C=C\C/C=C\C/C=C\C/C=C\C/C=C\CC)COP(=O)([O-])OCC[N+](C)(C)C. The molecule has 0 saturated carbocycles. The van der Waals surface area contributed by atoms with E-state index in [1.165, 1.54) is 0 Å². The number of likely N-dealkylation sites (N-methyl/N-ethyl adjacent to an activating group) is 1. The van der Waals surface area contributed by atoms with Crippen molar-refractivity contribution < 1.29 is 42.1 Å². The highest BCUT2D eigenvalue weighted by atomic mass is 31.2. The first-order chi connectivity index (χ1) is 37.0. The molecule has 0 amide bonds. The predicted molar refractivity (Wildman–Crippen MR) is 323 cm³/mol. The van der Waals surface area contributed by atoms with Crippen LogP contribution in [0.25, 0.3) is 0 Å². The van der Waals surface area contributed by atoms with Gasteiger partial charge in [0.25, 0.3) is 7.82 Å². The van der Waals surface area contributed by atoms with Crippen LogP contribution in [0.15, 0.2) is 182 Å². The van der Waals surface area contributed by atoms with E-state index in [9.17, 15) is 19.0 Å². The van der Waals surface area contributed by atoms with Gasteiger partial charge in [0.05, 0.1) is 27.7 Å². The Bertz CT molecular complexity index is 1930. The smallest absolute Gasteiger partial charge is 0.306 e. The number of allylic oxidation sites excluding steroid dienone is 30. The van der Waals surface area contributed by atoms with Crippen molar-refractivity contribution in [2.45, 2.75) is 174 Å². The van der Waals surface area contributed by atoms with Gasteiger partial charge in [-0.05, 0) is 128 Å². The Labute approximate surface area is 463 Å². The van der Waals surface area contributed by atoms with Crippen LogP contribution in [0.5, 0.6) is 0 Å². The number of unbranched alkanes of at least 4 members (excludes halogenated alkanes) is 5. The van der Waals surface area contributed by atoms with E-state index in [1.807, 2.05) is 27.2 Å². The molecule has 0 bridgehead atoms. The molecule has 0 aromatic heterocycles. The molecule has 0 aliphatic rings. The van der Waals surface area contributed by atoms with E-state index < -0.39 is 32.5 Å². The number of phosphoric ester groups is 1. The first-order valence-corrected chi connectivity index (χ1v) is 30.0. The van der Waals surface area contributed by atoms with Gasteiger partial charge in [-0.15, -0.1) is 0 Å². The lowest BCUT2D eigenvalue weighted by atomic mass is 10.1. The summed E-state index contributed by atoms with van der Waals surface area (Å²) in [6.45, 7) is 3.87. The number of ether oxygens (including phenoxy) is 2. The third-order valence-corrected chi connectivity index (χ3v) is 11.9. The molecule has 0 radical (unpaired) electrons. The van der Waals surface area contributed by atoms with Gasteiger partial charge in [-0.2, -0.15) is 0 Å². The maximum absolute atomic E-state index is 12.8. The Morgan fingerprint density at radius 1 is 0.408 bits per heavy atom. The molecule has 0 aromatic rings. The van der Waals surface area contributed by atoms with E-state index in [4.69, 9.17) is 18.5 Å². The summed E-state index contributed by atoms with van der Waals surface area (Å²) in [7, 11) is 1.08. The summed E-state index contributed by atoms with van der Waals surface area (Å²) in [6, 6.07) is 0. The largest absolute Gasteiger partial charge is 0.756 e. The van der Waals surface area contributed by atoms with E-state index in [2.05, 4.69) is 190 Å². The van der Waals surface area contributed by atoms with Gasteiger partial charge >= 0.3 is 11.9 Å². The Morgan fingerprint density at radius 3 is 1.08 bits per heavy atom. The van der Waals surface area contributed by atoms with Crippen molar-refractivity contribution in [1.29, 1.82) is 0 Å². The van der Waals surface area contributed by atoms with Crippen molar-refractivity contribution in [3.05, 3.63) is 182 Å². The molecule has 0 aromatic carbocycles. The lowest BCUT2D eigenvalue weighted by molar-refractivity contribution is -0.870. The minimum Gasteiger partial charge on any atom is -0.756 e. The number of esters is 2. The minimum atomic E-state index is -4.67. The number of hydrogen-bond acceptors (Lipinski definition) is 8. The molecule has 0 spiro atoms. The Morgan fingerprint density at radius 2 is 0.724 bits per heavy atom. The molecule has 424 valence electrons. The van der Waals surface area contributed by atoms with Crippen molar-refractivity contribution in [3.63, 3.8) is 0 Å². The zero-order valence-electron chi connectivity index (χ0n) is 47.9. The molecule has 0 saturated heterocycles. The van der Waals surface area contributed by atoms with Crippen molar-refractivity contribution >= 4 is 19.8 Å². The van der Waals surface area contributed by atoms with Crippen LogP contribution in [0.4, 0.5) is 0 Å². The molecule has 10 heteroatoms. The fraction of sp³-hybridized carbons (Fsp3) is 0.515. The molecule has 0 heterocycles. The first kappa shape index (κ1) is 71.1. The quantitative estimate of drug-likeness (QED) is 0.0195. The molecule has 0 N–H and O–H groups in total. The number of nitrogens with zero attached hydrogens (tertiary/aromatic N) is 1. The van der Waals surface area contributed by atoms with Crippen LogP contribution in [-0.2, 0) is 32.7 Å². The third-order valence-electron chi connectivity index (χ3n) is 10.9. The maximum Gasteiger partial charge on any atom is 0.306 e. The monoisotopic (exact) mass is 1070 g/mol. The number of phosphoric acid groups is 1. The van der Waals surface area contributed by atoms with Crippen LogP contribution in [0.3, 0.4) is 0 Å². The van der Waals surface area contributed by atoms with Gasteiger partial charge in [0.15, 0.2) is 6.10 Å². The minimum absolute atomic E-state index is 0.0565. The van der Waals surface area contributed by atoms with Crippen molar-refractivity contribution in [3.8, 4) is 0 Å². The second-order valence-electron chi connectivity index (χ2n) is 19.2. The van der Waals surface area contributed by atoms with E-state index in [1.54, 1.807) is 0 Å². The van der Waals surface area contributed by atoms with E-state index in [-0.39, 0.29) is 26.1 Å². The average molecular weight is 1070 g/mol. The predicted octanol–water partition coefficient (Wildman–Crippen LogP) is 17.4. The van der Waals surface area contributed by atoms with Crippen LogP contribution < -0.4 is 4.89 Å². The molecule has 0 aliphatic carbocycles. The van der Waals surface area contributed by atoms with Crippen molar-refractivity contribution in [2.24, 2.45) is 0 Å². The first-order valence-electron chi connectivity index (χ1n) is 28.5. The van der Waals surface area contributed by atoms with Crippen LogP contribution in [-0.4, -0.2) is 70.0 Å². The second kappa shape index (κ2) is 54.9. The van der Waals surface area contributed by atoms with Gasteiger partial charge in [-0.25, -0.2) is 0 Å². The third kappa shape index (κ3) is 58.4. The molecule has 0 aliphatic heterocycles. The molecule has 9 nitrogen and oxygen atoms in total. The molecule has 2 unspecified atom stereocenters. The highest BCUT2D eigenvalue weighted by molar-refractivity contribution is 7.45. The fourth-order valence-electron chi connectivity index (χ4n) is 6.60. The van der Waals surface area contributed by atoms with Crippen molar-refractivity contribution in [1.82, 2.24) is 0 Å². The Kier molecular flexibility index (Phi) is 51.4. The summed E-state index contributed by atoms with van der Waals surface area (Å²) in [4.78, 5) is 37.8. The van der Waals surface area contributed by atoms with E-state index in [0.29, 0.717) is 30.3 Å². The summed E-state index contributed by atoms with van der Waals surface area (Å²) in [5.74, 6) is -0.951. The summed E-state index contributed by atoms with van der Waals surface area (Å²) in [6.07, 6.45) is 85.2. The number of carbonyl (C=O) groups excluding carboxylic acids is 2. The van der Waals surface area contributed by atoms with Crippen LogP contribution in [0.1, 0.15) is 168 Å². The molecule has 0 rings (SSSR count). The number of hydrogen-bond donors (Lipinski definition) is 0. The molecular weight excluding hydrogens is 966 g/mol. The van der Waals surface area contributed by atoms with Gasteiger partial charge in [0.2, 0.25) is 0 Å². The van der Waals surface area contributed by atoms with Gasteiger partial charge in [-0.3, -0.25) is 14.2 Å². The standard InChI is InChI=1S/C66H102NO8P/c1-6-8-10-12-14-16-18-20-22-24-25-26-27-28-29-30-31-32-33-34-35-36-37-38-39-40-41-43-45-47-49-51-53-55-57-59-66(69)75-64(63-74-76(70,71)73-61-60-67(3,4)5)62-72-65(68)58-56-54-52-50-48-46-44-42-23-21-19-17-15-13-11-9-7-2/h8-11,14-17,20-23,25-26,28-29,31-32,34-35,37-38,40-41,44-47,50,52,64H,6-7,12-13,18-19,24,27,30,33,36,39,42-43,48-49,51,53-63H2,1-5H3/b10-8-,11-9-,16-14-,17-15-,22-20-,23-21-,26-25-,29-28-,32-31-,35-34-,38-37-,41-40-,46-44-,47-45-,52-50-. The van der Waals surface area contributed by atoms with Crippen LogP contribution in [0.2, 0.25) is 0 Å². The van der Waals surface area contributed by atoms with Gasteiger partial charge in [0, 0.05) is 12.8 Å².